The Bertz CT molecular complexity index is 1540. The van der Waals surface area contributed by atoms with E-state index in [2.05, 4.69) is 15.6 Å². The molecule has 1 saturated heterocycles. The summed E-state index contributed by atoms with van der Waals surface area (Å²) in [6.07, 6.45) is 3.99. The summed E-state index contributed by atoms with van der Waals surface area (Å²) >= 11 is 0. The van der Waals surface area contributed by atoms with Gasteiger partial charge in [0, 0.05) is 50.4 Å². The number of carbonyl (C=O) groups is 1. The first-order valence-corrected chi connectivity index (χ1v) is 15.7. The number of halogens is 2. The minimum absolute atomic E-state index is 0.00445. The molecular formula is C32H37F2N5O3S. The first-order chi connectivity index (χ1) is 20.6. The molecule has 1 aromatic heterocycles. The van der Waals surface area contributed by atoms with Gasteiger partial charge < -0.3 is 16.0 Å². The zero-order valence-corrected chi connectivity index (χ0v) is 25.1. The number of hydrogen-bond donors (Lipinski definition) is 3. The maximum absolute atomic E-state index is 14.3. The third-order valence-corrected chi connectivity index (χ3v) is 9.51. The lowest BCUT2D eigenvalue weighted by Gasteiger charge is -2.35. The standard InChI is InChI=1S/C32H37F2N5O3S/c1-3-23(9-12-28-21-36-14-15-39(28)43(41,42)32-6-4-5-13-37-32)30(20-35)38-31(40)19-29(24-7-10-26(33)11-8-24)25-16-22(2)17-27(34)18-25/h4-8,10-11,13,16-18,20,28-29,35-36H,3,9,12,14-15,19,21H2,1-2H3,(H,38,40)/b30-23-,35-20?/t28-,29-/m0/s1. The fraction of sp³-hybridized carbons (Fsp3) is 0.344. The number of aromatic nitrogens is 1. The summed E-state index contributed by atoms with van der Waals surface area (Å²) in [5.74, 6) is -1.75. The van der Waals surface area contributed by atoms with Gasteiger partial charge in [0.05, 0.1) is 5.70 Å². The summed E-state index contributed by atoms with van der Waals surface area (Å²) in [6.45, 7) is 5.00. The first kappa shape index (κ1) is 32.1. The van der Waals surface area contributed by atoms with Crippen LogP contribution in [0.25, 0.3) is 0 Å². The minimum Gasteiger partial charge on any atom is -0.325 e. The third-order valence-electron chi connectivity index (χ3n) is 7.64. The summed E-state index contributed by atoms with van der Waals surface area (Å²) in [4.78, 5) is 17.4. The zero-order chi connectivity index (χ0) is 31.0. The molecular weight excluding hydrogens is 572 g/mol. The van der Waals surface area contributed by atoms with Crippen LogP contribution in [-0.4, -0.2) is 55.5 Å². The van der Waals surface area contributed by atoms with Gasteiger partial charge in [0.2, 0.25) is 5.91 Å². The van der Waals surface area contributed by atoms with Crippen LogP contribution in [0.3, 0.4) is 0 Å². The van der Waals surface area contributed by atoms with Crippen molar-refractivity contribution in [2.45, 2.75) is 56.5 Å². The van der Waals surface area contributed by atoms with Crippen LogP contribution in [0, 0.1) is 24.0 Å². The lowest BCUT2D eigenvalue weighted by atomic mass is 9.87. The monoisotopic (exact) mass is 609 g/mol. The predicted molar refractivity (Wildman–Crippen MR) is 162 cm³/mol. The highest BCUT2D eigenvalue weighted by Crippen LogP contribution is 2.30. The van der Waals surface area contributed by atoms with Crippen LogP contribution in [-0.2, 0) is 14.8 Å². The molecule has 1 aliphatic rings. The second-order valence-corrected chi connectivity index (χ2v) is 12.5. The van der Waals surface area contributed by atoms with Crippen molar-refractivity contribution in [2.75, 3.05) is 19.6 Å². The van der Waals surface area contributed by atoms with Crippen LogP contribution in [0.4, 0.5) is 8.78 Å². The van der Waals surface area contributed by atoms with Crippen molar-refractivity contribution < 1.29 is 22.0 Å². The second-order valence-electron chi connectivity index (χ2n) is 10.6. The maximum atomic E-state index is 14.3. The van der Waals surface area contributed by atoms with Crippen LogP contribution in [0.1, 0.15) is 55.2 Å². The number of sulfonamides is 1. The molecule has 2 atom stereocenters. The quantitative estimate of drug-likeness (QED) is 0.248. The van der Waals surface area contributed by atoms with Crippen LogP contribution >= 0.6 is 0 Å². The second kappa shape index (κ2) is 14.6. The lowest BCUT2D eigenvalue weighted by molar-refractivity contribution is -0.120. The highest BCUT2D eigenvalue weighted by molar-refractivity contribution is 7.89. The molecule has 43 heavy (non-hydrogen) atoms. The average molecular weight is 610 g/mol. The van der Waals surface area contributed by atoms with Gasteiger partial charge in [-0.1, -0.05) is 31.2 Å². The summed E-state index contributed by atoms with van der Waals surface area (Å²) in [7, 11) is -3.78. The Kier molecular flexibility index (Phi) is 10.9. The van der Waals surface area contributed by atoms with Crippen molar-refractivity contribution in [2.24, 2.45) is 0 Å². The molecule has 0 radical (unpaired) electrons. The largest absolute Gasteiger partial charge is 0.325 e. The number of piperazine rings is 1. The summed E-state index contributed by atoms with van der Waals surface area (Å²) in [5, 5.41) is 14.2. The van der Waals surface area contributed by atoms with Crippen molar-refractivity contribution in [3.8, 4) is 0 Å². The molecule has 228 valence electrons. The molecule has 1 fully saturated rings. The Balaban J connectivity index is 1.52. The van der Waals surface area contributed by atoms with Crippen molar-refractivity contribution in [3.05, 3.63) is 106 Å². The van der Waals surface area contributed by atoms with Gasteiger partial charge in [0.15, 0.2) is 5.03 Å². The normalized spacial score (nSPS) is 17.2. The first-order valence-electron chi connectivity index (χ1n) is 14.3. The Hall–Kier alpha value is -3.80. The number of benzene rings is 2. The van der Waals surface area contributed by atoms with E-state index < -0.39 is 27.6 Å². The summed E-state index contributed by atoms with van der Waals surface area (Å²) < 4.78 is 56.1. The van der Waals surface area contributed by atoms with E-state index in [0.717, 1.165) is 11.8 Å². The molecule has 1 amide bonds. The van der Waals surface area contributed by atoms with Gasteiger partial charge in [0.25, 0.3) is 10.0 Å². The van der Waals surface area contributed by atoms with Crippen molar-refractivity contribution in [3.63, 3.8) is 0 Å². The molecule has 3 N–H and O–H groups in total. The SMILES string of the molecule is CC/C(CC[C@H]1CNCCN1S(=O)(=O)c1ccccn1)=C(\C=N)NC(=O)C[C@@H](c1ccc(F)cc1)c1cc(C)cc(F)c1. The number of nitrogens with zero attached hydrogens (tertiary/aromatic N) is 2. The molecule has 0 spiro atoms. The molecule has 0 saturated carbocycles. The van der Waals surface area contributed by atoms with Gasteiger partial charge in [-0.15, -0.1) is 0 Å². The zero-order valence-electron chi connectivity index (χ0n) is 24.3. The van der Waals surface area contributed by atoms with E-state index >= 15 is 0 Å². The molecule has 2 heterocycles. The average Bonchev–Trinajstić information content (AvgIpc) is 3.00. The van der Waals surface area contributed by atoms with Crippen LogP contribution < -0.4 is 10.6 Å². The molecule has 2 aromatic carbocycles. The van der Waals surface area contributed by atoms with Crippen molar-refractivity contribution in [1.29, 1.82) is 5.41 Å². The van der Waals surface area contributed by atoms with Crippen LogP contribution in [0.2, 0.25) is 0 Å². The van der Waals surface area contributed by atoms with Crippen molar-refractivity contribution in [1.82, 2.24) is 19.9 Å². The maximum Gasteiger partial charge on any atom is 0.260 e. The van der Waals surface area contributed by atoms with Gasteiger partial charge >= 0.3 is 0 Å². The summed E-state index contributed by atoms with van der Waals surface area (Å²) in [5.41, 5.74) is 3.12. The van der Waals surface area contributed by atoms with Gasteiger partial charge in [0.1, 0.15) is 11.6 Å². The van der Waals surface area contributed by atoms with Crippen molar-refractivity contribution >= 4 is 22.1 Å². The number of aryl methyl sites for hydroxylation is 1. The minimum atomic E-state index is -3.78. The fourth-order valence-electron chi connectivity index (χ4n) is 5.47. The molecule has 0 unspecified atom stereocenters. The molecule has 11 heteroatoms. The highest BCUT2D eigenvalue weighted by atomic mass is 32.2. The number of amides is 1. The summed E-state index contributed by atoms with van der Waals surface area (Å²) in [6, 6.07) is 14.8. The lowest BCUT2D eigenvalue weighted by Crippen LogP contribution is -2.53. The Morgan fingerprint density at radius 2 is 1.91 bits per heavy atom. The molecule has 3 aromatic rings. The predicted octanol–water partition coefficient (Wildman–Crippen LogP) is 5.06. The van der Waals surface area contributed by atoms with Crippen LogP contribution in [0.15, 0.2) is 83.2 Å². The molecule has 8 nitrogen and oxygen atoms in total. The van der Waals surface area contributed by atoms with Gasteiger partial charge in [-0.2, -0.15) is 4.31 Å². The molecule has 0 aliphatic carbocycles. The van der Waals surface area contributed by atoms with E-state index in [0.29, 0.717) is 61.3 Å². The Morgan fingerprint density at radius 3 is 2.56 bits per heavy atom. The molecule has 4 rings (SSSR count). The Labute approximate surface area is 251 Å². The number of carbonyl (C=O) groups excluding carboxylic acids is 1. The van der Waals surface area contributed by atoms with E-state index in [1.807, 2.05) is 6.92 Å². The number of pyridine rings is 1. The third kappa shape index (κ3) is 8.19. The number of nitrogens with one attached hydrogen (secondary N) is 3. The number of hydrogen-bond acceptors (Lipinski definition) is 6. The fourth-order valence-corrected chi connectivity index (χ4v) is 7.06. The topological polar surface area (TPSA) is 115 Å². The Morgan fingerprint density at radius 1 is 1.14 bits per heavy atom. The number of rotatable bonds is 12. The van der Waals surface area contributed by atoms with E-state index in [1.165, 1.54) is 40.8 Å². The van der Waals surface area contributed by atoms with Gasteiger partial charge in [-0.3, -0.25) is 4.79 Å². The number of allylic oxidation sites excluding steroid dienone is 2. The van der Waals surface area contributed by atoms with E-state index in [9.17, 15) is 22.0 Å². The van der Waals surface area contributed by atoms with E-state index in [1.54, 1.807) is 37.3 Å². The molecule has 1 aliphatic heterocycles. The van der Waals surface area contributed by atoms with Gasteiger partial charge in [-0.25, -0.2) is 22.2 Å². The van der Waals surface area contributed by atoms with Crippen LogP contribution in [0.5, 0.6) is 0 Å². The van der Waals surface area contributed by atoms with E-state index in [4.69, 9.17) is 5.41 Å². The highest BCUT2D eigenvalue weighted by Gasteiger charge is 2.34. The smallest absolute Gasteiger partial charge is 0.260 e. The van der Waals surface area contributed by atoms with E-state index in [-0.39, 0.29) is 23.4 Å². The van der Waals surface area contributed by atoms with Gasteiger partial charge in [-0.05, 0) is 84.8 Å². The molecule has 0 bridgehead atoms.